The van der Waals surface area contributed by atoms with Crippen molar-refractivity contribution in [2.45, 2.75) is 3.25 Å². The van der Waals surface area contributed by atoms with Crippen molar-refractivity contribution in [1.29, 1.82) is 0 Å². The monoisotopic (exact) mass is 282 g/mol. The molecular weight excluding hydrogens is 280 g/mol. The van der Waals surface area contributed by atoms with E-state index in [0.717, 1.165) is 0 Å². The van der Waals surface area contributed by atoms with Crippen LogP contribution in [0.1, 0.15) is 0 Å². The summed E-state index contributed by atoms with van der Waals surface area (Å²) in [6.07, 6.45) is 0. The van der Waals surface area contributed by atoms with Gasteiger partial charge in [-0.1, -0.05) is 70.1 Å². The Bertz CT molecular complexity index is 230. The Balaban J connectivity index is 0.000000252. The molecule has 0 N–H and O–H groups in total. The van der Waals surface area contributed by atoms with Crippen molar-refractivity contribution >= 4 is 58.0 Å². The molecule has 0 radical (unpaired) electrons. The highest BCUT2D eigenvalue weighted by atomic mass is 35.6. The van der Waals surface area contributed by atoms with Crippen LogP contribution < -0.4 is 0 Å². The van der Waals surface area contributed by atoms with E-state index in [0.29, 0.717) is 0 Å². The minimum atomic E-state index is -1.61. The lowest BCUT2D eigenvalue weighted by atomic mass is 10.4. The number of benzene rings is 1. The molecule has 1 aromatic carbocycles. The topological polar surface area (TPSA) is 0 Å². The van der Waals surface area contributed by atoms with E-state index >= 15 is 0 Å². The number of hydrogen-bond donors (Lipinski definition) is 0. The zero-order valence-corrected chi connectivity index (χ0v) is 9.86. The number of hydrogen-bond acceptors (Lipinski definition) is 0. The molecule has 0 aliphatic rings. The Morgan fingerprint density at radius 3 is 1.62 bits per heavy atom. The highest BCUT2D eigenvalue weighted by Gasteiger charge is 2.11. The third-order valence-corrected chi connectivity index (χ3v) is 1.13. The maximum atomic E-state index is 12.2. The lowest BCUT2D eigenvalue weighted by Gasteiger charge is -1.91. The number of halogens is 6. The van der Waals surface area contributed by atoms with E-state index < -0.39 is 3.25 Å². The molecule has 0 aliphatic carbocycles. The molecule has 0 bridgehead atoms. The predicted molar refractivity (Wildman–Crippen MR) is 57.6 cm³/mol. The summed E-state index contributed by atoms with van der Waals surface area (Å²) >= 11 is 24.6. The van der Waals surface area contributed by atoms with Gasteiger partial charge in [0.2, 0.25) is 0 Å². The molecule has 1 rings (SSSR count). The second kappa shape index (κ2) is 6.15. The molecule has 0 heterocycles. The van der Waals surface area contributed by atoms with Gasteiger partial charge in [-0.3, -0.25) is 0 Å². The van der Waals surface area contributed by atoms with Crippen LogP contribution in [0.5, 0.6) is 0 Å². The molecule has 0 unspecified atom stereocenters. The summed E-state index contributed by atoms with van der Waals surface area (Å²) < 4.78 is 10.6. The highest BCUT2D eigenvalue weighted by Crippen LogP contribution is 2.29. The van der Waals surface area contributed by atoms with Crippen molar-refractivity contribution in [2.75, 3.05) is 0 Å². The Morgan fingerprint density at radius 2 is 1.38 bits per heavy atom. The van der Waals surface area contributed by atoms with Crippen molar-refractivity contribution in [1.82, 2.24) is 0 Å². The van der Waals surface area contributed by atoms with Crippen LogP contribution in [0.3, 0.4) is 0 Å². The minimum absolute atomic E-state index is 0.174. The summed E-state index contributed by atoms with van der Waals surface area (Å²) in [6.45, 7) is 0. The van der Waals surface area contributed by atoms with Crippen LogP contribution in [-0.4, -0.2) is 3.25 Å². The average molecular weight is 284 g/mol. The average Bonchev–Trinajstić information content (AvgIpc) is 1.92. The van der Waals surface area contributed by atoms with E-state index in [-0.39, 0.29) is 10.8 Å². The van der Waals surface area contributed by atoms with Crippen LogP contribution in [0, 0.1) is 5.82 Å². The Kier molecular flexibility index (Phi) is 6.44. The SMILES string of the molecule is ClC(Cl)(Cl)Cl.Fc1ccccc1Cl. The van der Waals surface area contributed by atoms with Gasteiger partial charge in [-0.2, -0.15) is 0 Å². The van der Waals surface area contributed by atoms with Crippen LogP contribution in [0.4, 0.5) is 4.39 Å². The first-order chi connectivity index (χ1) is 5.80. The Morgan fingerprint density at radius 1 is 1.00 bits per heavy atom. The van der Waals surface area contributed by atoms with Crippen LogP contribution in [0.15, 0.2) is 24.3 Å². The fraction of sp³-hybridized carbons (Fsp3) is 0.143. The fourth-order valence-corrected chi connectivity index (χ4v) is 0.575. The van der Waals surface area contributed by atoms with Crippen LogP contribution in [-0.2, 0) is 0 Å². The molecule has 0 aromatic heterocycles. The molecule has 0 fully saturated rings. The second-order valence-electron chi connectivity index (χ2n) is 1.84. The molecule has 0 spiro atoms. The molecule has 13 heavy (non-hydrogen) atoms. The fourth-order valence-electron chi connectivity index (χ4n) is 0.439. The Labute approximate surface area is 100 Å². The molecule has 74 valence electrons. The van der Waals surface area contributed by atoms with E-state index in [4.69, 9.17) is 58.0 Å². The van der Waals surface area contributed by atoms with E-state index in [2.05, 4.69) is 0 Å². The molecule has 0 aliphatic heterocycles. The third kappa shape index (κ3) is 10.5. The van der Waals surface area contributed by atoms with Crippen LogP contribution >= 0.6 is 58.0 Å². The molecule has 0 atom stereocenters. The maximum Gasteiger partial charge on any atom is 0.266 e. The quantitative estimate of drug-likeness (QED) is 0.586. The molecule has 0 saturated carbocycles. The minimum Gasteiger partial charge on any atom is -0.205 e. The lowest BCUT2D eigenvalue weighted by molar-refractivity contribution is 0.628. The third-order valence-electron chi connectivity index (χ3n) is 0.824. The van der Waals surface area contributed by atoms with Crippen molar-refractivity contribution in [2.24, 2.45) is 0 Å². The van der Waals surface area contributed by atoms with Crippen molar-refractivity contribution < 1.29 is 4.39 Å². The summed E-state index contributed by atoms with van der Waals surface area (Å²) in [5.41, 5.74) is 0. The Hall–Kier alpha value is 0.600. The first kappa shape index (κ1) is 13.6. The van der Waals surface area contributed by atoms with E-state index in [1.807, 2.05) is 0 Å². The van der Waals surface area contributed by atoms with E-state index in [1.54, 1.807) is 12.1 Å². The lowest BCUT2D eigenvalue weighted by Crippen LogP contribution is -1.81. The van der Waals surface area contributed by atoms with Gasteiger partial charge < -0.3 is 0 Å². The highest BCUT2D eigenvalue weighted by molar-refractivity contribution is 6.83. The van der Waals surface area contributed by atoms with Gasteiger partial charge in [-0.15, -0.1) is 0 Å². The van der Waals surface area contributed by atoms with E-state index in [1.165, 1.54) is 12.1 Å². The summed E-state index contributed by atoms with van der Waals surface area (Å²) in [5.74, 6) is -0.367. The van der Waals surface area contributed by atoms with Gasteiger partial charge in [0.05, 0.1) is 5.02 Å². The molecule has 1 aromatic rings. The van der Waals surface area contributed by atoms with Crippen molar-refractivity contribution in [3.63, 3.8) is 0 Å². The van der Waals surface area contributed by atoms with Gasteiger partial charge in [0, 0.05) is 0 Å². The number of alkyl halides is 4. The molecule has 0 saturated heterocycles. The van der Waals surface area contributed by atoms with Gasteiger partial charge in [0.1, 0.15) is 5.82 Å². The van der Waals surface area contributed by atoms with Crippen molar-refractivity contribution in [3.8, 4) is 0 Å². The molecule has 6 heteroatoms. The second-order valence-corrected chi connectivity index (χ2v) is 5.68. The summed E-state index contributed by atoms with van der Waals surface area (Å²) in [6, 6.07) is 6.12. The largest absolute Gasteiger partial charge is 0.266 e. The zero-order chi connectivity index (χ0) is 10.5. The normalized spacial score (nSPS) is 10.3. The first-order valence-electron chi connectivity index (χ1n) is 2.96. The predicted octanol–water partition coefficient (Wildman–Crippen LogP) is 5.03. The van der Waals surface area contributed by atoms with E-state index in [9.17, 15) is 4.39 Å². The van der Waals surface area contributed by atoms with Gasteiger partial charge in [-0.05, 0) is 12.1 Å². The van der Waals surface area contributed by atoms with Crippen molar-refractivity contribution in [3.05, 3.63) is 35.1 Å². The first-order valence-corrected chi connectivity index (χ1v) is 4.85. The molecular formula is C7H4Cl5F. The number of rotatable bonds is 0. The van der Waals surface area contributed by atoms with Gasteiger partial charge in [-0.25, -0.2) is 4.39 Å². The zero-order valence-electron chi connectivity index (χ0n) is 6.08. The van der Waals surface area contributed by atoms with Crippen LogP contribution in [0.25, 0.3) is 0 Å². The molecule has 0 amide bonds. The van der Waals surface area contributed by atoms with Gasteiger partial charge >= 0.3 is 0 Å². The van der Waals surface area contributed by atoms with Gasteiger partial charge in [0.15, 0.2) is 0 Å². The standard InChI is InChI=1S/C6H4ClF.CCl4/c7-5-3-1-2-4-6(5)8;2-1(3,4)5/h1-4H;. The van der Waals surface area contributed by atoms with Crippen LogP contribution in [0.2, 0.25) is 5.02 Å². The maximum absolute atomic E-state index is 12.2. The molecule has 0 nitrogen and oxygen atoms in total. The smallest absolute Gasteiger partial charge is 0.205 e. The summed E-state index contributed by atoms with van der Waals surface area (Å²) in [4.78, 5) is 0. The summed E-state index contributed by atoms with van der Waals surface area (Å²) in [7, 11) is 0. The summed E-state index contributed by atoms with van der Waals surface area (Å²) in [5, 5.41) is 0.174. The van der Waals surface area contributed by atoms with Gasteiger partial charge in [0.25, 0.3) is 3.25 Å².